The summed E-state index contributed by atoms with van der Waals surface area (Å²) in [5.41, 5.74) is 0.734. The van der Waals surface area contributed by atoms with E-state index in [4.69, 9.17) is 5.11 Å². The molecule has 1 aromatic heterocycles. The van der Waals surface area contributed by atoms with E-state index < -0.39 is 5.82 Å². The van der Waals surface area contributed by atoms with Gasteiger partial charge in [-0.25, -0.2) is 9.49 Å². The van der Waals surface area contributed by atoms with Crippen molar-refractivity contribution in [2.75, 3.05) is 39.3 Å². The normalized spacial score (nSPS) is 15.3. The number of H-pyrrole nitrogens is 1. The first-order valence-electron chi connectivity index (χ1n) is 9.98. The van der Waals surface area contributed by atoms with Gasteiger partial charge in [0, 0.05) is 37.1 Å². The molecule has 1 aliphatic rings. The van der Waals surface area contributed by atoms with Gasteiger partial charge in [-0.05, 0) is 37.2 Å². The number of halogens is 1. The van der Waals surface area contributed by atoms with E-state index in [9.17, 15) is 14.0 Å². The number of aromatic amines is 1. The minimum Gasteiger partial charge on any atom is -0.395 e. The molecule has 2 aromatic carbocycles. The van der Waals surface area contributed by atoms with Crippen LogP contribution in [0.3, 0.4) is 0 Å². The number of benzene rings is 2. The van der Waals surface area contributed by atoms with Crippen LogP contribution in [0.2, 0.25) is 0 Å². The van der Waals surface area contributed by atoms with Crippen LogP contribution < -0.4 is 5.56 Å². The van der Waals surface area contributed by atoms with Crippen molar-refractivity contribution >= 4 is 16.7 Å². The molecule has 0 bridgehead atoms. The van der Waals surface area contributed by atoms with Gasteiger partial charge in [0.2, 0.25) is 0 Å². The van der Waals surface area contributed by atoms with Crippen LogP contribution in [-0.2, 0) is 0 Å². The van der Waals surface area contributed by atoms with Gasteiger partial charge in [-0.3, -0.25) is 14.5 Å². The van der Waals surface area contributed by atoms with Gasteiger partial charge in [-0.15, -0.1) is 0 Å². The predicted octanol–water partition coefficient (Wildman–Crippen LogP) is 1.87. The van der Waals surface area contributed by atoms with Crippen LogP contribution in [0.25, 0.3) is 22.0 Å². The van der Waals surface area contributed by atoms with Crippen molar-refractivity contribution in [3.05, 3.63) is 64.2 Å². The first kappa shape index (κ1) is 20.2. The third-order valence-corrected chi connectivity index (χ3v) is 5.46. The second-order valence-electron chi connectivity index (χ2n) is 7.35. The fourth-order valence-electron chi connectivity index (χ4n) is 3.88. The summed E-state index contributed by atoms with van der Waals surface area (Å²) < 4.78 is 14.6. The Morgan fingerprint density at radius 2 is 1.90 bits per heavy atom. The highest BCUT2D eigenvalue weighted by Crippen LogP contribution is 2.26. The number of fused-ring (bicyclic) bond motifs is 1. The van der Waals surface area contributed by atoms with Crippen LogP contribution >= 0.6 is 0 Å². The molecular weight excluding hydrogens is 387 g/mol. The van der Waals surface area contributed by atoms with Crippen molar-refractivity contribution in [1.29, 1.82) is 0 Å². The maximum atomic E-state index is 14.6. The number of aliphatic hydroxyl groups is 1. The van der Waals surface area contributed by atoms with Crippen LogP contribution in [0.1, 0.15) is 16.8 Å². The monoisotopic (exact) mass is 410 g/mol. The van der Waals surface area contributed by atoms with Crippen LogP contribution in [0.4, 0.5) is 4.39 Å². The molecule has 30 heavy (non-hydrogen) atoms. The Hall–Kier alpha value is -3.10. The first-order chi connectivity index (χ1) is 14.6. The van der Waals surface area contributed by atoms with Gasteiger partial charge in [0.25, 0.3) is 11.5 Å². The van der Waals surface area contributed by atoms with E-state index in [0.29, 0.717) is 48.2 Å². The quantitative estimate of drug-likeness (QED) is 0.686. The van der Waals surface area contributed by atoms with Crippen LogP contribution in [-0.4, -0.2) is 70.3 Å². The molecule has 1 aliphatic heterocycles. The summed E-state index contributed by atoms with van der Waals surface area (Å²) in [6.07, 6.45) is 0.763. The minimum atomic E-state index is -0.589. The standard InChI is InChI=1S/C22H23FN4O3/c23-19-7-6-15(20-16-4-1-2-5-17(16)21(29)25-24-20)14-18(19)22(30)27-9-3-8-26(10-11-27)12-13-28/h1-2,4-7,14,28H,3,8-13H2,(H,25,29). The summed E-state index contributed by atoms with van der Waals surface area (Å²) in [6.45, 7) is 3.08. The molecule has 7 nitrogen and oxygen atoms in total. The Balaban J connectivity index is 1.67. The maximum absolute atomic E-state index is 14.6. The third-order valence-electron chi connectivity index (χ3n) is 5.46. The lowest BCUT2D eigenvalue weighted by Crippen LogP contribution is -2.36. The van der Waals surface area contributed by atoms with E-state index in [2.05, 4.69) is 15.1 Å². The Morgan fingerprint density at radius 3 is 2.70 bits per heavy atom. The van der Waals surface area contributed by atoms with Gasteiger partial charge in [-0.2, -0.15) is 5.10 Å². The van der Waals surface area contributed by atoms with Crippen LogP contribution in [0, 0.1) is 5.82 Å². The molecule has 0 unspecified atom stereocenters. The summed E-state index contributed by atoms with van der Waals surface area (Å²) in [4.78, 5) is 28.9. The molecule has 0 radical (unpaired) electrons. The molecule has 4 rings (SSSR count). The van der Waals surface area contributed by atoms with Crippen molar-refractivity contribution in [2.24, 2.45) is 0 Å². The second kappa shape index (κ2) is 8.73. The number of carbonyl (C=O) groups excluding carboxylic acids is 1. The number of amides is 1. The highest BCUT2D eigenvalue weighted by molar-refractivity contribution is 5.98. The van der Waals surface area contributed by atoms with Gasteiger partial charge in [0.05, 0.1) is 23.3 Å². The van der Waals surface area contributed by atoms with Gasteiger partial charge in [0.1, 0.15) is 5.82 Å². The first-order valence-corrected chi connectivity index (χ1v) is 9.98. The summed E-state index contributed by atoms with van der Waals surface area (Å²) >= 11 is 0. The fourth-order valence-corrected chi connectivity index (χ4v) is 3.88. The summed E-state index contributed by atoms with van der Waals surface area (Å²) in [7, 11) is 0. The summed E-state index contributed by atoms with van der Waals surface area (Å²) in [5.74, 6) is -0.956. The largest absolute Gasteiger partial charge is 0.395 e. The molecule has 1 amide bonds. The molecule has 2 heterocycles. The van der Waals surface area contributed by atoms with Gasteiger partial charge in [-0.1, -0.05) is 18.2 Å². The molecule has 156 valence electrons. The molecule has 0 aliphatic carbocycles. The smallest absolute Gasteiger partial charge is 0.272 e. The van der Waals surface area contributed by atoms with Gasteiger partial charge < -0.3 is 10.0 Å². The van der Waals surface area contributed by atoms with Crippen LogP contribution in [0.15, 0.2) is 47.3 Å². The zero-order valence-electron chi connectivity index (χ0n) is 16.5. The van der Waals surface area contributed by atoms with E-state index in [-0.39, 0.29) is 23.6 Å². The van der Waals surface area contributed by atoms with Crippen molar-refractivity contribution in [3.8, 4) is 11.3 Å². The van der Waals surface area contributed by atoms with Crippen molar-refractivity contribution in [2.45, 2.75) is 6.42 Å². The zero-order chi connectivity index (χ0) is 21.1. The van der Waals surface area contributed by atoms with Crippen molar-refractivity contribution in [1.82, 2.24) is 20.0 Å². The number of rotatable bonds is 4. The number of carbonyl (C=O) groups is 1. The lowest BCUT2D eigenvalue weighted by atomic mass is 10.0. The van der Waals surface area contributed by atoms with Gasteiger partial charge in [0.15, 0.2) is 0 Å². The number of nitrogens with one attached hydrogen (secondary N) is 1. The average Bonchev–Trinajstić information content (AvgIpc) is 3.00. The van der Waals surface area contributed by atoms with E-state index in [0.717, 1.165) is 13.0 Å². The summed E-state index contributed by atoms with van der Waals surface area (Å²) in [6, 6.07) is 11.4. The molecule has 0 atom stereocenters. The number of hydrogen-bond donors (Lipinski definition) is 2. The zero-order valence-corrected chi connectivity index (χ0v) is 16.5. The molecule has 1 fully saturated rings. The molecule has 0 saturated carbocycles. The van der Waals surface area contributed by atoms with Gasteiger partial charge >= 0.3 is 0 Å². The summed E-state index contributed by atoms with van der Waals surface area (Å²) in [5, 5.41) is 16.9. The number of nitrogens with zero attached hydrogens (tertiary/aromatic N) is 3. The number of hydrogen-bond acceptors (Lipinski definition) is 5. The maximum Gasteiger partial charge on any atom is 0.272 e. The van der Waals surface area contributed by atoms with E-state index in [1.54, 1.807) is 35.2 Å². The molecule has 1 saturated heterocycles. The van der Waals surface area contributed by atoms with E-state index in [1.165, 1.54) is 12.1 Å². The Labute approximate surface area is 172 Å². The average molecular weight is 410 g/mol. The minimum absolute atomic E-state index is 0.0137. The predicted molar refractivity (Wildman–Crippen MR) is 112 cm³/mol. The van der Waals surface area contributed by atoms with E-state index >= 15 is 0 Å². The van der Waals surface area contributed by atoms with Crippen molar-refractivity contribution < 1.29 is 14.3 Å². The number of β-amino-alcohol motifs (C(OH)–C–C–N with tert-alkyl or cyclic N) is 1. The Bertz CT molecular complexity index is 1130. The molecule has 0 spiro atoms. The Morgan fingerprint density at radius 1 is 1.10 bits per heavy atom. The van der Waals surface area contributed by atoms with Crippen LogP contribution in [0.5, 0.6) is 0 Å². The lowest BCUT2D eigenvalue weighted by molar-refractivity contribution is 0.0756. The number of aromatic nitrogens is 2. The highest BCUT2D eigenvalue weighted by atomic mass is 19.1. The van der Waals surface area contributed by atoms with E-state index in [1.807, 2.05) is 0 Å². The fraction of sp³-hybridized carbons (Fsp3) is 0.318. The topological polar surface area (TPSA) is 89.5 Å². The molecule has 8 heteroatoms. The second-order valence-corrected chi connectivity index (χ2v) is 7.35. The lowest BCUT2D eigenvalue weighted by Gasteiger charge is -2.22. The SMILES string of the molecule is O=C(c1cc(-c2n[nH]c(=O)c3ccccc23)ccc1F)N1CCCN(CCO)CC1. The molecular formula is C22H23FN4O3. The van der Waals surface area contributed by atoms with Crippen molar-refractivity contribution in [3.63, 3.8) is 0 Å². The Kier molecular flexibility index (Phi) is 5.87. The molecule has 2 N–H and O–H groups in total. The number of aliphatic hydroxyl groups excluding tert-OH is 1. The highest BCUT2D eigenvalue weighted by Gasteiger charge is 2.23. The molecule has 3 aromatic rings. The third kappa shape index (κ3) is 3.96.